The average Bonchev–Trinajstić information content (AvgIpc) is 3.40. The number of aryl methyl sites for hydroxylation is 1. The monoisotopic (exact) mass is 645 g/mol. The number of nitrogens with one attached hydrogen (secondary N) is 2. The lowest BCUT2D eigenvalue weighted by atomic mass is 9.80. The average molecular weight is 646 g/mol. The number of nitrogens with zero attached hydrogens (tertiary/aromatic N) is 3. The van der Waals surface area contributed by atoms with Gasteiger partial charge in [0.05, 0.1) is 39.0 Å². The lowest BCUT2D eigenvalue weighted by molar-refractivity contribution is -0.135. The molecule has 10 nitrogen and oxygen atoms in total. The number of rotatable bonds is 19. The van der Waals surface area contributed by atoms with E-state index in [9.17, 15) is 9.90 Å². The van der Waals surface area contributed by atoms with Crippen LogP contribution in [0.2, 0.25) is 0 Å². The molecule has 5 atom stereocenters. The second-order valence-corrected chi connectivity index (χ2v) is 13.5. The molecule has 1 aliphatic heterocycles. The van der Waals surface area contributed by atoms with Gasteiger partial charge in [-0.25, -0.2) is 0 Å². The molecule has 0 bridgehead atoms. The van der Waals surface area contributed by atoms with Crippen molar-refractivity contribution >= 4 is 18.1 Å². The number of piperazine rings is 1. The first-order chi connectivity index (χ1) is 22.3. The van der Waals surface area contributed by atoms with E-state index in [1.807, 2.05) is 14.0 Å². The summed E-state index contributed by atoms with van der Waals surface area (Å²) >= 11 is 0. The Balaban J connectivity index is 1.26. The molecule has 1 amide bonds. The Morgan fingerprint density at radius 2 is 1.63 bits per heavy atom. The number of ether oxygens (including phenoxy) is 3. The molecule has 0 spiro atoms. The molecule has 262 valence electrons. The van der Waals surface area contributed by atoms with E-state index in [-0.39, 0.29) is 23.9 Å². The molecule has 1 saturated heterocycles. The Kier molecular flexibility index (Phi) is 15.5. The summed E-state index contributed by atoms with van der Waals surface area (Å²) in [5.41, 5.74) is 1.19. The van der Waals surface area contributed by atoms with Crippen LogP contribution in [-0.4, -0.2) is 123 Å². The minimum absolute atomic E-state index is 0.0167. The van der Waals surface area contributed by atoms with Crippen LogP contribution in [-0.2, 0) is 25.5 Å². The third kappa shape index (κ3) is 10.4. The Hall–Kier alpha value is -1.79. The van der Waals surface area contributed by atoms with Crippen LogP contribution in [0.4, 0.5) is 0 Å². The van der Waals surface area contributed by atoms with Crippen LogP contribution in [0, 0.1) is 18.8 Å². The topological polar surface area (TPSA) is 100 Å². The summed E-state index contributed by atoms with van der Waals surface area (Å²) in [6, 6.07) is 2.71. The van der Waals surface area contributed by atoms with Gasteiger partial charge in [0.15, 0.2) is 0 Å². The lowest BCUT2D eigenvalue weighted by Gasteiger charge is -2.45. The number of carbonyl (C=O) groups excluding carboxylic acids is 1. The predicted octanol–water partition coefficient (Wildman–Crippen LogP) is 1.83. The first-order valence-electron chi connectivity index (χ1n) is 18.1. The summed E-state index contributed by atoms with van der Waals surface area (Å²) in [6.07, 6.45) is 11.9. The van der Waals surface area contributed by atoms with Crippen molar-refractivity contribution in [2.45, 2.75) is 104 Å². The molecule has 3 aliphatic rings. The molecule has 1 saturated carbocycles. The summed E-state index contributed by atoms with van der Waals surface area (Å²) in [7, 11) is 1.89. The molecule has 46 heavy (non-hydrogen) atoms. The number of fused-ring (bicyclic) bond motifs is 1. The number of carbonyl (C=O) groups is 1. The van der Waals surface area contributed by atoms with Gasteiger partial charge in [-0.2, -0.15) is 0 Å². The van der Waals surface area contributed by atoms with Gasteiger partial charge in [0.25, 0.3) is 0 Å². The molecule has 0 aromatic carbocycles. The number of amides is 1. The lowest BCUT2D eigenvalue weighted by Crippen LogP contribution is -2.61. The number of aliphatic hydroxyl groups excluding tert-OH is 1. The van der Waals surface area contributed by atoms with E-state index in [2.05, 4.69) is 64.0 Å². The van der Waals surface area contributed by atoms with Crippen LogP contribution in [0.1, 0.15) is 71.4 Å². The standard InChI is InChI=1S/C36H63N5O5/c1-6-19-44-21-23-46-24-22-45-20-18-41-27(2)25-32-26-31(12-13-33(32)41)36(43)40-16-14-39(15-17-40)29(4)34(30-10-8-7-9-11-30)38-35(42)28(3)37-5/h13,25-26,28-31,34-35,37-38,42H,6-12,14-24H2,1-5H3/t28-,29?,31?,34?,35?/m0/s1. The third-order valence-corrected chi connectivity index (χ3v) is 10.4. The van der Waals surface area contributed by atoms with Crippen molar-refractivity contribution < 1.29 is 24.1 Å². The van der Waals surface area contributed by atoms with Crippen LogP contribution in [0.15, 0.2) is 6.07 Å². The largest absolute Gasteiger partial charge is 0.379 e. The van der Waals surface area contributed by atoms with E-state index < -0.39 is 6.23 Å². The number of aromatic nitrogens is 1. The predicted molar refractivity (Wildman–Crippen MR) is 184 cm³/mol. The molecule has 3 N–H and O–H groups in total. The molecule has 1 aromatic heterocycles. The van der Waals surface area contributed by atoms with Crippen molar-refractivity contribution in [3.05, 3.63) is 22.3 Å². The maximum Gasteiger partial charge on any atom is 0.229 e. The normalized spacial score (nSPS) is 22.0. The molecule has 2 heterocycles. The molecule has 0 radical (unpaired) electrons. The number of likely N-dealkylation sites (N-methyl/N-ethyl adjacent to an activating group) is 1. The van der Waals surface area contributed by atoms with Gasteiger partial charge in [-0.3, -0.25) is 15.0 Å². The maximum atomic E-state index is 13.7. The molecule has 2 fully saturated rings. The summed E-state index contributed by atoms with van der Waals surface area (Å²) < 4.78 is 19.1. The zero-order valence-electron chi connectivity index (χ0n) is 29.3. The van der Waals surface area contributed by atoms with E-state index in [1.54, 1.807) is 0 Å². The third-order valence-electron chi connectivity index (χ3n) is 10.4. The highest BCUT2D eigenvalue weighted by Crippen LogP contribution is 2.30. The highest BCUT2D eigenvalue weighted by molar-refractivity contribution is 5.85. The second-order valence-electron chi connectivity index (χ2n) is 13.5. The SMILES string of the molecule is CCCOCCOCCOCCn1c(C)cc2c1=CCC(C(=O)N1CCN(C(C)C(NC(O)[C@H](C)NC)C3CCCCC3)CC1)C=2. The van der Waals surface area contributed by atoms with Gasteiger partial charge >= 0.3 is 0 Å². The summed E-state index contributed by atoms with van der Waals surface area (Å²) in [6.45, 7) is 16.4. The Morgan fingerprint density at radius 3 is 2.28 bits per heavy atom. The fourth-order valence-electron chi connectivity index (χ4n) is 7.39. The summed E-state index contributed by atoms with van der Waals surface area (Å²) in [5, 5.41) is 20.0. The second kappa shape index (κ2) is 19.3. The van der Waals surface area contributed by atoms with Gasteiger partial charge in [-0.1, -0.05) is 38.3 Å². The number of aliphatic hydroxyl groups is 1. The van der Waals surface area contributed by atoms with Crippen LogP contribution >= 0.6 is 0 Å². The van der Waals surface area contributed by atoms with Gasteiger partial charge in [0.2, 0.25) is 5.91 Å². The van der Waals surface area contributed by atoms with Crippen LogP contribution in [0.3, 0.4) is 0 Å². The molecule has 10 heteroatoms. The molecular formula is C36H63N5O5. The fourth-order valence-corrected chi connectivity index (χ4v) is 7.39. The molecular weight excluding hydrogens is 582 g/mol. The first kappa shape index (κ1) is 37.0. The van der Waals surface area contributed by atoms with Crippen molar-refractivity contribution in [3.8, 4) is 0 Å². The van der Waals surface area contributed by atoms with E-state index in [1.165, 1.54) is 43.1 Å². The maximum absolute atomic E-state index is 13.7. The quantitative estimate of drug-likeness (QED) is 0.155. The zero-order chi connectivity index (χ0) is 32.9. The van der Waals surface area contributed by atoms with E-state index >= 15 is 0 Å². The highest BCUT2D eigenvalue weighted by Gasteiger charge is 2.36. The Morgan fingerprint density at radius 1 is 0.978 bits per heavy atom. The van der Waals surface area contributed by atoms with E-state index in [4.69, 9.17) is 14.2 Å². The van der Waals surface area contributed by atoms with E-state index in [0.717, 1.165) is 57.4 Å². The van der Waals surface area contributed by atoms with Gasteiger partial charge in [0.1, 0.15) is 6.23 Å². The molecule has 2 aliphatic carbocycles. The summed E-state index contributed by atoms with van der Waals surface area (Å²) in [4.78, 5) is 18.3. The fraction of sp³-hybridized carbons (Fsp3) is 0.806. The van der Waals surface area contributed by atoms with Crippen LogP contribution < -0.4 is 21.2 Å². The number of hydrogen-bond donors (Lipinski definition) is 3. The van der Waals surface area contributed by atoms with Crippen molar-refractivity contribution in [2.24, 2.45) is 11.8 Å². The summed E-state index contributed by atoms with van der Waals surface area (Å²) in [5.74, 6) is 0.695. The van der Waals surface area contributed by atoms with Crippen molar-refractivity contribution in [3.63, 3.8) is 0 Å². The molecule has 4 rings (SSSR count). The molecule has 4 unspecified atom stereocenters. The van der Waals surface area contributed by atoms with Gasteiger partial charge in [-0.05, 0) is 70.7 Å². The minimum Gasteiger partial charge on any atom is -0.379 e. The molecule has 1 aromatic rings. The zero-order valence-corrected chi connectivity index (χ0v) is 29.3. The van der Waals surface area contributed by atoms with Crippen LogP contribution in [0.5, 0.6) is 0 Å². The minimum atomic E-state index is -0.586. The Bertz CT molecular complexity index is 1160. The number of hydrogen-bond acceptors (Lipinski definition) is 8. The Labute approximate surface area is 277 Å². The first-order valence-corrected chi connectivity index (χ1v) is 18.1. The van der Waals surface area contributed by atoms with Crippen molar-refractivity contribution in [2.75, 3.05) is 72.9 Å². The van der Waals surface area contributed by atoms with Gasteiger partial charge in [0, 0.05) is 68.5 Å². The van der Waals surface area contributed by atoms with Gasteiger partial charge in [-0.15, -0.1) is 0 Å². The highest BCUT2D eigenvalue weighted by atomic mass is 16.5. The van der Waals surface area contributed by atoms with Gasteiger partial charge < -0.3 is 34.1 Å². The van der Waals surface area contributed by atoms with E-state index in [0.29, 0.717) is 45.0 Å². The van der Waals surface area contributed by atoms with Crippen LogP contribution in [0.25, 0.3) is 12.2 Å². The van der Waals surface area contributed by atoms with Crippen molar-refractivity contribution in [1.29, 1.82) is 0 Å². The van der Waals surface area contributed by atoms with Crippen molar-refractivity contribution in [1.82, 2.24) is 25.0 Å². The smallest absolute Gasteiger partial charge is 0.229 e.